The number of hydrogen-bond acceptors (Lipinski definition) is 12. The highest BCUT2D eigenvalue weighted by Gasteiger charge is 2.50. The van der Waals surface area contributed by atoms with Crippen molar-refractivity contribution in [2.45, 2.75) is 62.6 Å². The second-order valence-corrected chi connectivity index (χ2v) is 18.4. The van der Waals surface area contributed by atoms with Crippen LogP contribution in [0.3, 0.4) is 0 Å². The van der Waals surface area contributed by atoms with Gasteiger partial charge < -0.3 is 20.5 Å². The minimum atomic E-state index is -3.38. The summed E-state index contributed by atoms with van der Waals surface area (Å²) in [4.78, 5) is 54.5. The second kappa shape index (κ2) is 15.8. The van der Waals surface area contributed by atoms with Gasteiger partial charge in [-0.15, -0.1) is 0 Å². The van der Waals surface area contributed by atoms with Crippen molar-refractivity contribution in [1.29, 1.82) is 5.26 Å². The monoisotopic (exact) mass is 830 g/mol. The Bertz CT molecular complexity index is 2590. The highest BCUT2D eigenvalue weighted by atomic mass is 32.2. The number of piperazine rings is 1. The third-order valence-electron chi connectivity index (χ3n) is 12.4. The topological polar surface area (TPSA) is 214 Å². The van der Waals surface area contributed by atoms with E-state index in [1.54, 1.807) is 42.3 Å². The van der Waals surface area contributed by atoms with Crippen LogP contribution >= 0.6 is 0 Å². The van der Waals surface area contributed by atoms with E-state index in [9.17, 15) is 28.1 Å². The Hall–Kier alpha value is -6.16. The molecule has 5 aromatic rings. The molecule has 2 bridgehead atoms. The Morgan fingerprint density at radius 3 is 2.55 bits per heavy atom. The van der Waals surface area contributed by atoms with Gasteiger partial charge in [0.1, 0.15) is 11.2 Å². The van der Waals surface area contributed by atoms with Gasteiger partial charge in [0.15, 0.2) is 0 Å². The molecule has 60 heavy (non-hydrogen) atoms. The molecular weight excluding hydrogens is 785 g/mol. The average molecular weight is 831 g/mol. The van der Waals surface area contributed by atoms with Crippen molar-refractivity contribution in [2.24, 2.45) is 0 Å². The first-order chi connectivity index (χ1) is 29.0. The number of aromatic nitrogens is 5. The SMILES string of the molecule is CCS(=O)(=O)N1CC(CC#N)(n2cc(-c3nc(Nc4ccc(C(=O)NCCCN5CC6CC5CN6c5ccc(C6CCC(=O)NC6=O)cc5)cc4)nc4[nH]ccc34)cn2)C1. The average Bonchev–Trinajstić information content (AvgIpc) is 4.06. The molecule has 17 nitrogen and oxygen atoms in total. The van der Waals surface area contributed by atoms with Crippen LogP contribution in [0.5, 0.6) is 0 Å². The maximum absolute atomic E-state index is 13.1. The lowest BCUT2D eigenvalue weighted by atomic mass is 9.89. The van der Waals surface area contributed by atoms with Crippen LogP contribution in [0.25, 0.3) is 22.3 Å². The van der Waals surface area contributed by atoms with Gasteiger partial charge in [0.05, 0.1) is 36.1 Å². The molecule has 18 heteroatoms. The Kier molecular flexibility index (Phi) is 10.3. The summed E-state index contributed by atoms with van der Waals surface area (Å²) in [6.07, 6.45) is 8.23. The summed E-state index contributed by atoms with van der Waals surface area (Å²) < 4.78 is 28.0. The van der Waals surface area contributed by atoms with Gasteiger partial charge in [0.25, 0.3) is 5.91 Å². The third-order valence-corrected chi connectivity index (χ3v) is 14.2. The number of sulfonamides is 1. The molecule has 4 saturated heterocycles. The quantitative estimate of drug-likeness (QED) is 0.0936. The predicted octanol–water partition coefficient (Wildman–Crippen LogP) is 3.44. The number of benzene rings is 2. The van der Waals surface area contributed by atoms with Crippen LogP contribution in [-0.2, 0) is 25.2 Å². The van der Waals surface area contributed by atoms with Crippen LogP contribution in [0.4, 0.5) is 17.3 Å². The number of amides is 3. The molecule has 4 N–H and O–H groups in total. The number of anilines is 3. The van der Waals surface area contributed by atoms with Crippen molar-refractivity contribution in [3.8, 4) is 17.3 Å². The molecule has 3 amide bonds. The van der Waals surface area contributed by atoms with E-state index in [4.69, 9.17) is 4.98 Å². The summed E-state index contributed by atoms with van der Waals surface area (Å²) in [6.45, 7) is 5.35. The lowest BCUT2D eigenvalue weighted by molar-refractivity contribution is -0.134. The van der Waals surface area contributed by atoms with E-state index in [0.29, 0.717) is 65.6 Å². The molecule has 9 rings (SSSR count). The van der Waals surface area contributed by atoms with Crippen molar-refractivity contribution >= 4 is 56.1 Å². The largest absolute Gasteiger partial charge is 0.366 e. The number of rotatable bonds is 14. The Balaban J connectivity index is 0.763. The summed E-state index contributed by atoms with van der Waals surface area (Å²) in [5.74, 6) is -0.503. The Morgan fingerprint density at radius 2 is 1.83 bits per heavy atom. The lowest BCUT2D eigenvalue weighted by Crippen LogP contribution is -2.64. The van der Waals surface area contributed by atoms with Crippen LogP contribution < -0.4 is 20.9 Å². The van der Waals surface area contributed by atoms with E-state index in [1.165, 1.54) is 4.31 Å². The number of nitrogens with zero attached hydrogens (tertiary/aromatic N) is 8. The van der Waals surface area contributed by atoms with Gasteiger partial charge in [-0.3, -0.25) is 29.3 Å². The van der Waals surface area contributed by atoms with Gasteiger partial charge in [0.2, 0.25) is 27.8 Å². The fourth-order valence-corrected chi connectivity index (χ4v) is 10.3. The number of H-pyrrole nitrogens is 1. The molecule has 3 unspecified atom stereocenters. The number of piperidine rings is 1. The van der Waals surface area contributed by atoms with Crippen LogP contribution in [0.15, 0.2) is 73.2 Å². The van der Waals surface area contributed by atoms with Crippen molar-refractivity contribution in [2.75, 3.05) is 55.2 Å². The van der Waals surface area contributed by atoms with E-state index in [1.807, 2.05) is 30.3 Å². The molecule has 0 radical (unpaired) electrons. The van der Waals surface area contributed by atoms with E-state index in [-0.39, 0.29) is 48.9 Å². The summed E-state index contributed by atoms with van der Waals surface area (Å²) in [5, 5.41) is 23.7. The zero-order chi connectivity index (χ0) is 41.6. The summed E-state index contributed by atoms with van der Waals surface area (Å²) in [7, 11) is -3.38. The molecule has 0 spiro atoms. The smallest absolute Gasteiger partial charge is 0.251 e. The number of aromatic amines is 1. The predicted molar refractivity (Wildman–Crippen MR) is 224 cm³/mol. The van der Waals surface area contributed by atoms with Crippen molar-refractivity contribution in [3.05, 3.63) is 84.3 Å². The molecule has 3 aromatic heterocycles. The number of fused-ring (bicyclic) bond motifs is 3. The zero-order valence-electron chi connectivity index (χ0n) is 33.2. The molecule has 2 aromatic carbocycles. The first-order valence-corrected chi connectivity index (χ1v) is 22.0. The summed E-state index contributed by atoms with van der Waals surface area (Å²) >= 11 is 0. The van der Waals surface area contributed by atoms with Crippen LogP contribution in [0.1, 0.15) is 60.9 Å². The minimum Gasteiger partial charge on any atom is -0.366 e. The number of carbonyl (C=O) groups excluding carboxylic acids is 3. The number of nitrogens with one attached hydrogen (secondary N) is 4. The normalized spacial score (nSPS) is 21.5. The number of carbonyl (C=O) groups is 3. The fraction of sp³-hybridized carbons (Fsp3) is 0.405. The molecule has 3 atom stereocenters. The van der Waals surface area contributed by atoms with Gasteiger partial charge in [-0.1, -0.05) is 12.1 Å². The van der Waals surface area contributed by atoms with E-state index < -0.39 is 15.6 Å². The Morgan fingerprint density at radius 1 is 1.03 bits per heavy atom. The zero-order valence-corrected chi connectivity index (χ0v) is 34.0. The molecule has 4 aliphatic rings. The van der Waals surface area contributed by atoms with Crippen molar-refractivity contribution in [1.82, 2.24) is 44.6 Å². The highest BCUT2D eigenvalue weighted by molar-refractivity contribution is 7.89. The van der Waals surface area contributed by atoms with Gasteiger partial charge in [-0.05, 0) is 74.2 Å². The molecule has 4 aliphatic heterocycles. The maximum atomic E-state index is 13.1. The number of nitriles is 1. The van der Waals surface area contributed by atoms with Gasteiger partial charge >= 0.3 is 0 Å². The third kappa shape index (κ3) is 7.48. The standard InChI is InChI=1S/C42H46N12O5S/c1-2-60(58,59)52-25-42(26-52,15-16-43)54-22-29(21-46-54)37-35-14-18-44-38(35)50-41(49-37)47-30-8-4-28(5-9-30)39(56)45-17-3-19-51-23-33-20-32(51)24-53(33)31-10-6-27(7-11-31)34-12-13-36(55)48-40(34)57/h4-11,14,18,21-22,32-34H,2-3,12-13,15,17,19-20,23-26H2,1H3,(H,45,56)(H,48,55,57)(H2,44,47,49,50). The summed E-state index contributed by atoms with van der Waals surface area (Å²) in [5.41, 5.74) is 4.51. The fourth-order valence-electron chi connectivity index (χ4n) is 9.07. The van der Waals surface area contributed by atoms with Crippen LogP contribution in [0, 0.1) is 11.3 Å². The molecule has 310 valence electrons. The van der Waals surface area contributed by atoms with E-state index in [2.05, 4.69) is 59.0 Å². The molecular formula is C42H46N12O5S. The first-order valence-electron chi connectivity index (χ1n) is 20.4. The lowest BCUT2D eigenvalue weighted by Gasteiger charge is -2.47. The maximum Gasteiger partial charge on any atom is 0.251 e. The van der Waals surface area contributed by atoms with Crippen LogP contribution in [-0.4, -0.2) is 117 Å². The summed E-state index contributed by atoms with van der Waals surface area (Å²) in [6, 6.07) is 20.3. The molecule has 0 aliphatic carbocycles. The molecule has 7 heterocycles. The van der Waals surface area contributed by atoms with E-state index >= 15 is 0 Å². The first kappa shape index (κ1) is 39.3. The highest BCUT2D eigenvalue weighted by Crippen LogP contribution is 2.38. The van der Waals surface area contributed by atoms with Crippen LogP contribution in [0.2, 0.25) is 0 Å². The molecule has 4 fully saturated rings. The van der Waals surface area contributed by atoms with Crippen molar-refractivity contribution < 1.29 is 22.8 Å². The number of imide groups is 1. The number of hydrogen-bond donors (Lipinski definition) is 4. The van der Waals surface area contributed by atoms with E-state index in [0.717, 1.165) is 49.1 Å². The van der Waals surface area contributed by atoms with Gasteiger partial charge in [-0.2, -0.15) is 19.6 Å². The number of likely N-dealkylation sites (tertiary alicyclic amines) is 1. The Labute approximate surface area is 347 Å². The van der Waals surface area contributed by atoms with Gasteiger partial charge in [-0.25, -0.2) is 13.4 Å². The molecule has 0 saturated carbocycles. The van der Waals surface area contributed by atoms with Crippen molar-refractivity contribution in [3.63, 3.8) is 0 Å². The van der Waals surface area contributed by atoms with Gasteiger partial charge in [0, 0.05) is 98.1 Å². The minimum absolute atomic E-state index is 0.00357. The second-order valence-electron chi connectivity index (χ2n) is 16.1.